The second kappa shape index (κ2) is 9.82. The molecule has 0 saturated carbocycles. The average Bonchev–Trinajstić information content (AvgIpc) is 3.35. The lowest BCUT2D eigenvalue weighted by atomic mass is 10.0. The Morgan fingerprint density at radius 1 is 1.00 bits per heavy atom. The van der Waals surface area contributed by atoms with Crippen LogP contribution in [0.5, 0.6) is 0 Å². The van der Waals surface area contributed by atoms with Gasteiger partial charge in [-0.1, -0.05) is 53.6 Å². The summed E-state index contributed by atoms with van der Waals surface area (Å²) >= 11 is 0. The number of benzodiazepines with no additional fused rings is 1. The van der Waals surface area contributed by atoms with Gasteiger partial charge < -0.3 is 24.7 Å². The highest BCUT2D eigenvalue weighted by molar-refractivity contribution is 6.19. The van der Waals surface area contributed by atoms with E-state index in [2.05, 4.69) is 37.6 Å². The number of carbonyl (C=O) groups excluding carboxylic acids is 1. The van der Waals surface area contributed by atoms with E-state index in [4.69, 9.17) is 14.1 Å². The summed E-state index contributed by atoms with van der Waals surface area (Å²) < 4.78 is 11.5. The number of ether oxygens (including phenoxy) is 1. The molecule has 1 fully saturated rings. The molecule has 10 heteroatoms. The van der Waals surface area contributed by atoms with Crippen LogP contribution in [0.2, 0.25) is 0 Å². The molecule has 2 aromatic carbocycles. The minimum atomic E-state index is -0.983. The lowest BCUT2D eigenvalue weighted by molar-refractivity contribution is -0.116. The number of nitrogens with zero attached hydrogens (tertiary/aromatic N) is 5. The number of carbonyl (C=O) groups is 1. The van der Waals surface area contributed by atoms with Crippen LogP contribution < -0.4 is 15.5 Å². The normalized spacial score (nSPS) is 19.4. The maximum absolute atomic E-state index is 13.1. The Bertz CT molecular complexity index is 1450. The number of nitrogens with one attached hydrogen (secondary N) is 2. The van der Waals surface area contributed by atoms with Gasteiger partial charge in [0.1, 0.15) is 5.82 Å². The van der Waals surface area contributed by atoms with Crippen LogP contribution in [-0.4, -0.2) is 58.8 Å². The third-order valence-corrected chi connectivity index (χ3v) is 6.34. The van der Waals surface area contributed by atoms with Crippen LogP contribution in [0.25, 0.3) is 11.5 Å². The molecular formula is C27H25N7O3. The molecular weight excluding hydrogens is 470 g/mol. The first-order valence-corrected chi connectivity index (χ1v) is 12.1. The maximum Gasteiger partial charge on any atom is 0.317 e. The highest BCUT2D eigenvalue weighted by Gasteiger charge is 2.28. The van der Waals surface area contributed by atoms with Crippen molar-refractivity contribution >= 4 is 29.1 Å². The molecule has 0 radical (unpaired) electrons. The summed E-state index contributed by atoms with van der Waals surface area (Å²) in [6.07, 6.45) is 0.757. The standard InChI is InChI=1S/C27H25N7O3/c1-17-16-36-15-14-34(17)24-20(11-7-13-28-24)26-32-33-27(37-26)31-23-25(35)29-21-12-6-5-10-19(21)22(30-23)18-8-3-2-4-9-18/h2-13,17,23H,14-16H2,1H3,(H,29,35)(H,31,33). The van der Waals surface area contributed by atoms with Gasteiger partial charge in [-0.2, -0.15) is 0 Å². The maximum atomic E-state index is 13.1. The van der Waals surface area contributed by atoms with Crippen LogP contribution in [-0.2, 0) is 9.53 Å². The highest BCUT2D eigenvalue weighted by Crippen LogP contribution is 2.31. The van der Waals surface area contributed by atoms with E-state index in [1.54, 1.807) is 6.20 Å². The molecule has 37 heavy (non-hydrogen) atoms. The van der Waals surface area contributed by atoms with Crippen molar-refractivity contribution in [3.63, 3.8) is 0 Å². The smallest absolute Gasteiger partial charge is 0.317 e. The molecule has 2 aromatic heterocycles. The Hall–Kier alpha value is -4.57. The van der Waals surface area contributed by atoms with Gasteiger partial charge in [-0.15, -0.1) is 5.10 Å². The SMILES string of the molecule is CC1COCCN1c1ncccc1-c1nnc(NC2N=C(c3ccccc3)c3ccccc3NC2=O)o1. The van der Waals surface area contributed by atoms with Crippen molar-refractivity contribution < 1.29 is 13.9 Å². The van der Waals surface area contributed by atoms with E-state index in [0.29, 0.717) is 42.6 Å². The molecule has 0 aliphatic carbocycles. The molecule has 186 valence electrons. The number of rotatable bonds is 5. The van der Waals surface area contributed by atoms with Crippen molar-refractivity contribution in [1.29, 1.82) is 0 Å². The number of hydrogen-bond acceptors (Lipinski definition) is 9. The van der Waals surface area contributed by atoms with Crippen molar-refractivity contribution in [2.24, 2.45) is 4.99 Å². The zero-order chi connectivity index (χ0) is 25.2. The third kappa shape index (κ3) is 4.54. The largest absolute Gasteiger partial charge is 0.403 e. The van der Waals surface area contributed by atoms with Gasteiger partial charge in [-0.3, -0.25) is 4.79 Å². The number of amides is 1. The van der Waals surface area contributed by atoms with Gasteiger partial charge in [0.15, 0.2) is 0 Å². The van der Waals surface area contributed by atoms with Gasteiger partial charge in [-0.25, -0.2) is 9.98 Å². The molecule has 4 heterocycles. The van der Waals surface area contributed by atoms with E-state index in [-0.39, 0.29) is 18.0 Å². The molecule has 1 saturated heterocycles. The summed E-state index contributed by atoms with van der Waals surface area (Å²) in [5, 5.41) is 14.4. The molecule has 2 N–H and O–H groups in total. The Morgan fingerprint density at radius 3 is 2.68 bits per heavy atom. The Kier molecular flexibility index (Phi) is 6.07. The lowest BCUT2D eigenvalue weighted by Gasteiger charge is -2.34. The monoisotopic (exact) mass is 495 g/mol. The molecule has 10 nitrogen and oxygen atoms in total. The van der Waals surface area contributed by atoms with Crippen LogP contribution in [0.4, 0.5) is 17.5 Å². The summed E-state index contributed by atoms with van der Waals surface area (Å²) in [7, 11) is 0. The van der Waals surface area contributed by atoms with Crippen LogP contribution in [0, 0.1) is 0 Å². The molecule has 2 atom stereocenters. The Balaban J connectivity index is 1.32. The number of aliphatic imine (C=N–C) groups is 1. The van der Waals surface area contributed by atoms with E-state index >= 15 is 0 Å². The van der Waals surface area contributed by atoms with Crippen molar-refractivity contribution in [3.05, 3.63) is 84.1 Å². The fraction of sp³-hybridized carbons (Fsp3) is 0.222. The van der Waals surface area contributed by atoms with Crippen molar-refractivity contribution in [2.75, 3.05) is 35.3 Å². The fourth-order valence-corrected chi connectivity index (χ4v) is 4.52. The highest BCUT2D eigenvalue weighted by atomic mass is 16.5. The Morgan fingerprint density at radius 2 is 1.81 bits per heavy atom. The van der Waals surface area contributed by atoms with Crippen LogP contribution in [0.1, 0.15) is 18.1 Å². The van der Waals surface area contributed by atoms with Gasteiger partial charge in [0.25, 0.3) is 11.8 Å². The van der Waals surface area contributed by atoms with E-state index in [0.717, 1.165) is 16.9 Å². The van der Waals surface area contributed by atoms with Gasteiger partial charge in [0.2, 0.25) is 6.17 Å². The van der Waals surface area contributed by atoms with Crippen LogP contribution >= 0.6 is 0 Å². The molecule has 2 unspecified atom stereocenters. The number of pyridine rings is 1. The predicted octanol–water partition coefficient (Wildman–Crippen LogP) is 3.58. The summed E-state index contributed by atoms with van der Waals surface area (Å²) in [6, 6.07) is 21.3. The van der Waals surface area contributed by atoms with Crippen molar-refractivity contribution in [2.45, 2.75) is 19.1 Å². The van der Waals surface area contributed by atoms with Gasteiger partial charge in [0, 0.05) is 23.9 Å². The molecule has 1 amide bonds. The lowest BCUT2D eigenvalue weighted by Crippen LogP contribution is -2.44. The number of hydrogen-bond donors (Lipinski definition) is 2. The van der Waals surface area contributed by atoms with Gasteiger partial charge in [-0.05, 0) is 25.1 Å². The Labute approximate surface area is 213 Å². The molecule has 2 aliphatic heterocycles. The fourth-order valence-electron chi connectivity index (χ4n) is 4.52. The topological polar surface area (TPSA) is 118 Å². The summed E-state index contributed by atoms with van der Waals surface area (Å²) in [6.45, 7) is 4.04. The number of aromatic nitrogens is 3. The van der Waals surface area contributed by atoms with Gasteiger partial charge >= 0.3 is 6.01 Å². The second-order valence-corrected chi connectivity index (χ2v) is 8.83. The van der Waals surface area contributed by atoms with E-state index in [1.165, 1.54) is 0 Å². The summed E-state index contributed by atoms with van der Waals surface area (Å²) in [5.74, 6) is 0.719. The van der Waals surface area contributed by atoms with Crippen molar-refractivity contribution in [1.82, 2.24) is 15.2 Å². The molecule has 2 aliphatic rings. The summed E-state index contributed by atoms with van der Waals surface area (Å²) in [4.78, 5) is 24.7. The van der Waals surface area contributed by atoms with E-state index < -0.39 is 6.17 Å². The van der Waals surface area contributed by atoms with Crippen molar-refractivity contribution in [3.8, 4) is 11.5 Å². The minimum absolute atomic E-state index is 0.0853. The second-order valence-electron chi connectivity index (χ2n) is 8.83. The summed E-state index contributed by atoms with van der Waals surface area (Å²) in [5.41, 5.74) is 3.80. The van der Waals surface area contributed by atoms with Crippen LogP contribution in [0.3, 0.4) is 0 Å². The van der Waals surface area contributed by atoms with Crippen LogP contribution in [0.15, 0.2) is 82.3 Å². The molecule has 0 bridgehead atoms. The predicted molar refractivity (Wildman–Crippen MR) is 140 cm³/mol. The third-order valence-electron chi connectivity index (χ3n) is 6.34. The number of para-hydroxylation sites is 1. The first kappa shape index (κ1) is 22.9. The molecule has 6 rings (SSSR count). The number of benzene rings is 2. The van der Waals surface area contributed by atoms with Gasteiger partial charge in [0.05, 0.1) is 36.2 Å². The molecule has 0 spiro atoms. The number of fused-ring (bicyclic) bond motifs is 1. The first-order valence-electron chi connectivity index (χ1n) is 12.1. The number of morpholine rings is 1. The zero-order valence-electron chi connectivity index (χ0n) is 20.2. The molecule has 4 aromatic rings. The van der Waals surface area contributed by atoms with E-state index in [1.807, 2.05) is 66.7 Å². The number of anilines is 3. The minimum Gasteiger partial charge on any atom is -0.403 e. The van der Waals surface area contributed by atoms with E-state index in [9.17, 15) is 4.79 Å². The zero-order valence-corrected chi connectivity index (χ0v) is 20.2. The first-order chi connectivity index (χ1) is 18.2. The quantitative estimate of drug-likeness (QED) is 0.431. The average molecular weight is 496 g/mol.